The van der Waals surface area contributed by atoms with Crippen molar-refractivity contribution in [1.29, 1.82) is 0 Å². The predicted octanol–water partition coefficient (Wildman–Crippen LogP) is -5.31. The van der Waals surface area contributed by atoms with Crippen molar-refractivity contribution in [3.63, 3.8) is 0 Å². The molecule has 0 saturated carbocycles. The van der Waals surface area contributed by atoms with Crippen molar-refractivity contribution < 1.29 is 44.9 Å². The summed E-state index contributed by atoms with van der Waals surface area (Å²) in [4.78, 5) is 0. The number of hydrogen-bond acceptors (Lipinski definition) is 2. The van der Waals surface area contributed by atoms with E-state index in [-0.39, 0.29) is 70.4 Å². The van der Waals surface area contributed by atoms with E-state index < -0.39 is 10.4 Å². The molecule has 0 rings (SSSR count). The Morgan fingerprint density at radius 2 is 0.750 bits per heavy atom. The third kappa shape index (κ3) is 1060. The molecule has 0 heterocycles. The summed E-state index contributed by atoms with van der Waals surface area (Å²) in [6.07, 6.45) is 0. The monoisotopic (exact) mass is 246 g/mol. The number of rotatable bonds is 0. The first-order chi connectivity index (χ1) is 2.00. The average molecular weight is 246 g/mol. The first kappa shape index (κ1) is 74.6. The molecule has 12 heteroatoms. The molecular weight excluding hydrogens is 231 g/mol. The second-order valence-corrected chi connectivity index (χ2v) is 1.34. The Bertz CT molecular complexity index is 95.7. The molecule has 0 radical (unpaired) electrons. The Hall–Kier alpha value is 1.02. The van der Waals surface area contributed by atoms with Crippen LogP contribution in [0.5, 0.6) is 0 Å². The molecule has 82 valence electrons. The zero-order chi connectivity index (χ0) is 4.50. The first-order valence-corrected chi connectivity index (χ1v) is 2.10. The third-order valence-electron chi connectivity index (χ3n) is 0. The summed E-state index contributed by atoms with van der Waals surface area (Å²) in [6.45, 7) is 0. The van der Waals surface area contributed by atoms with Crippen molar-refractivity contribution in [2.45, 2.75) is 0 Å². The fourth-order valence-electron chi connectivity index (χ4n) is 0. The maximum atomic E-state index is 8.74. The average Bonchev–Trinajstić information content (AvgIpc) is 0.722. The molecule has 0 bridgehead atoms. The maximum absolute atomic E-state index is 8.74. The Labute approximate surface area is 98.0 Å². The molecule has 0 aliphatic heterocycles. The zero-order valence-corrected chi connectivity index (χ0v) is 6.94. The van der Waals surface area contributed by atoms with Crippen molar-refractivity contribution in [3.8, 4) is 0 Å². The van der Waals surface area contributed by atoms with Gasteiger partial charge in [0.2, 0.25) is 0 Å². The molecular formula is H15NaO9S2. The van der Waals surface area contributed by atoms with E-state index in [1.165, 1.54) is 0 Å². The molecule has 0 fully saturated rings. The molecule has 0 aromatic carbocycles. The second-order valence-electron chi connectivity index (χ2n) is 0.448. The van der Waals surface area contributed by atoms with E-state index in [1.54, 1.807) is 0 Å². The summed E-state index contributed by atoms with van der Waals surface area (Å²) in [6, 6.07) is 0. The van der Waals surface area contributed by atoms with Gasteiger partial charge in [-0.1, -0.05) is 0 Å². The van der Waals surface area contributed by atoms with Crippen LogP contribution in [0.25, 0.3) is 0 Å². The van der Waals surface area contributed by atoms with E-state index in [4.69, 9.17) is 17.5 Å². The fourth-order valence-corrected chi connectivity index (χ4v) is 0. The van der Waals surface area contributed by atoms with Crippen LogP contribution >= 0.6 is 13.5 Å². The summed E-state index contributed by atoms with van der Waals surface area (Å²) in [5.41, 5.74) is 0. The van der Waals surface area contributed by atoms with Gasteiger partial charge in [-0.2, -0.15) is 21.9 Å². The van der Waals surface area contributed by atoms with Gasteiger partial charge in [0.05, 0.1) is 0 Å². The topological polar surface area (TPSA) is 232 Å². The van der Waals surface area contributed by atoms with Gasteiger partial charge >= 0.3 is 40.0 Å². The molecule has 0 amide bonds. The van der Waals surface area contributed by atoms with Crippen molar-refractivity contribution in [2.24, 2.45) is 0 Å². The summed E-state index contributed by atoms with van der Waals surface area (Å²) in [7, 11) is -4.67. The van der Waals surface area contributed by atoms with Crippen LogP contribution in [-0.4, -0.2) is 74.5 Å². The summed E-state index contributed by atoms with van der Waals surface area (Å²) in [5.74, 6) is 0. The summed E-state index contributed by atoms with van der Waals surface area (Å²) < 4.78 is 31.6. The van der Waals surface area contributed by atoms with Crippen LogP contribution in [0, 0.1) is 0 Å². The second kappa shape index (κ2) is 29.6. The van der Waals surface area contributed by atoms with Gasteiger partial charge in [-0.3, -0.25) is 9.11 Å². The van der Waals surface area contributed by atoms with E-state index in [0.29, 0.717) is 0 Å². The number of hydrogen-bond donors (Lipinski definition) is 2. The summed E-state index contributed by atoms with van der Waals surface area (Å²) >= 11 is 0. The van der Waals surface area contributed by atoms with Gasteiger partial charge in [0.25, 0.3) is 0 Å². The van der Waals surface area contributed by atoms with Crippen molar-refractivity contribution in [1.82, 2.24) is 0 Å². The van der Waals surface area contributed by atoms with Gasteiger partial charge in [0.1, 0.15) is 0 Å². The normalized spacial score (nSPS) is 4.83. The molecule has 0 aliphatic carbocycles. The van der Waals surface area contributed by atoms with Gasteiger partial charge < -0.3 is 27.4 Å². The standard InChI is InChI=1S/Na.H2O4S.5H2O.H2S.H/c;1-5(2,3)4;;;;;;;/h;(H2,1,2,3,4);6*1H2;. The first-order valence-electron chi connectivity index (χ1n) is 0.698. The summed E-state index contributed by atoms with van der Waals surface area (Å²) in [5, 5.41) is 0. The molecule has 0 aromatic rings. The van der Waals surface area contributed by atoms with Gasteiger partial charge in [-0.25, -0.2) is 0 Å². The van der Waals surface area contributed by atoms with Crippen LogP contribution < -0.4 is 0 Å². The van der Waals surface area contributed by atoms with Crippen LogP contribution in [0.15, 0.2) is 0 Å². The van der Waals surface area contributed by atoms with Gasteiger partial charge in [-0.05, 0) is 0 Å². The molecule has 0 atom stereocenters. The molecule has 0 unspecified atom stereocenters. The van der Waals surface area contributed by atoms with Crippen LogP contribution in [0.2, 0.25) is 0 Å². The minimum atomic E-state index is -4.67. The quantitative estimate of drug-likeness (QED) is 0.314. The van der Waals surface area contributed by atoms with Gasteiger partial charge in [-0.15, -0.1) is 0 Å². The van der Waals surface area contributed by atoms with Gasteiger partial charge in [0.15, 0.2) is 0 Å². The Kier molecular flexibility index (Phi) is 184. The predicted molar refractivity (Wildman–Crippen MR) is 49.8 cm³/mol. The molecule has 12 N–H and O–H groups in total. The van der Waals surface area contributed by atoms with E-state index in [0.717, 1.165) is 0 Å². The van der Waals surface area contributed by atoms with Crippen LogP contribution in [0.3, 0.4) is 0 Å². The third-order valence-corrected chi connectivity index (χ3v) is 0. The van der Waals surface area contributed by atoms with Crippen LogP contribution in [0.1, 0.15) is 0 Å². The van der Waals surface area contributed by atoms with Gasteiger partial charge in [0, 0.05) is 0 Å². The van der Waals surface area contributed by atoms with E-state index in [1.807, 2.05) is 0 Å². The molecule has 0 aromatic heterocycles. The molecule has 9 nitrogen and oxygen atoms in total. The van der Waals surface area contributed by atoms with E-state index in [9.17, 15) is 0 Å². The molecule has 0 aliphatic rings. The van der Waals surface area contributed by atoms with Crippen molar-refractivity contribution >= 4 is 53.5 Å². The molecule has 0 saturated heterocycles. The Morgan fingerprint density at radius 1 is 0.750 bits per heavy atom. The SMILES string of the molecule is O.O.O.O.O.O=S(=O)(O)O.S.[NaH]. The van der Waals surface area contributed by atoms with Crippen LogP contribution in [0.4, 0.5) is 0 Å². The Balaban J connectivity index is -0.00000000381. The Morgan fingerprint density at radius 3 is 0.750 bits per heavy atom. The molecule has 0 spiro atoms. The van der Waals surface area contributed by atoms with Crippen molar-refractivity contribution in [2.75, 3.05) is 0 Å². The molecule has 12 heavy (non-hydrogen) atoms. The van der Waals surface area contributed by atoms with E-state index >= 15 is 0 Å². The van der Waals surface area contributed by atoms with Crippen LogP contribution in [-0.2, 0) is 10.4 Å². The van der Waals surface area contributed by atoms with E-state index in [2.05, 4.69) is 0 Å². The fraction of sp³-hybridized carbons (Fsp3) is 0. The zero-order valence-electron chi connectivity index (χ0n) is 5.12. The van der Waals surface area contributed by atoms with Crippen molar-refractivity contribution in [3.05, 3.63) is 0 Å². The minimum absolute atomic E-state index is 0.